The molecule has 2 N–H and O–H groups in total. The van der Waals surface area contributed by atoms with Crippen LogP contribution in [-0.2, 0) is 21.8 Å². The third kappa shape index (κ3) is 3.19. The van der Waals surface area contributed by atoms with Gasteiger partial charge in [0.2, 0.25) is 15.8 Å². The molecule has 0 saturated carbocycles. The summed E-state index contributed by atoms with van der Waals surface area (Å²) in [6, 6.07) is 19.5. The van der Waals surface area contributed by atoms with Gasteiger partial charge in [0.15, 0.2) is 4.75 Å². The molecule has 1 heterocycles. The fraction of sp³-hybridized carbons (Fsp3) is 0.227. The molecular weight excluding hydrogens is 372 g/mol. The van der Waals surface area contributed by atoms with E-state index >= 15 is 0 Å². The van der Waals surface area contributed by atoms with Crippen molar-refractivity contribution in [3.8, 4) is 0 Å². The quantitative estimate of drug-likeness (QED) is 0.647. The van der Waals surface area contributed by atoms with Crippen LogP contribution in [0.5, 0.6) is 0 Å². The van der Waals surface area contributed by atoms with Gasteiger partial charge in [-0.25, -0.2) is 13.6 Å². The van der Waals surface area contributed by atoms with Crippen LogP contribution in [0.3, 0.4) is 0 Å². The normalized spacial score (nSPS) is 13.9. The van der Waals surface area contributed by atoms with E-state index in [1.54, 1.807) is 67.1 Å². The minimum atomic E-state index is -4.02. The Morgan fingerprint density at radius 2 is 1.61 bits per heavy atom. The molecule has 28 heavy (non-hydrogen) atoms. The number of ketones is 1. The standard InChI is InChI=1S/C22H24N2O3S/c1-4-22(28(23,26)27,18-8-6-5-7-9-18)20-15-14-19(24(20)3)21(25)17-12-10-16(2)11-13-17/h5-15H,4H2,1-3H3,(H2,23,26,27). The van der Waals surface area contributed by atoms with Crippen molar-refractivity contribution >= 4 is 15.8 Å². The van der Waals surface area contributed by atoms with E-state index < -0.39 is 14.8 Å². The summed E-state index contributed by atoms with van der Waals surface area (Å²) >= 11 is 0. The second-order valence-corrected chi connectivity index (χ2v) is 8.74. The highest BCUT2D eigenvalue weighted by Crippen LogP contribution is 2.40. The zero-order chi connectivity index (χ0) is 20.5. The van der Waals surface area contributed by atoms with Crippen LogP contribution >= 0.6 is 0 Å². The molecule has 1 aromatic heterocycles. The maximum atomic E-state index is 13.0. The lowest BCUT2D eigenvalue weighted by molar-refractivity contribution is 0.103. The lowest BCUT2D eigenvalue weighted by Gasteiger charge is -2.32. The SMILES string of the molecule is CCC(c1ccccc1)(c1ccc(C(=O)c2ccc(C)cc2)n1C)S(N)(=O)=O. The number of aromatic nitrogens is 1. The van der Waals surface area contributed by atoms with Crippen molar-refractivity contribution in [2.45, 2.75) is 25.0 Å². The van der Waals surface area contributed by atoms with Crippen molar-refractivity contribution in [3.63, 3.8) is 0 Å². The Balaban J connectivity index is 2.19. The summed E-state index contributed by atoms with van der Waals surface area (Å²) < 4.78 is 25.8. The van der Waals surface area contributed by atoms with Crippen molar-refractivity contribution in [2.75, 3.05) is 0 Å². The van der Waals surface area contributed by atoms with Gasteiger partial charge in [0, 0.05) is 18.3 Å². The van der Waals surface area contributed by atoms with Gasteiger partial charge >= 0.3 is 0 Å². The summed E-state index contributed by atoms with van der Waals surface area (Å²) in [5, 5.41) is 5.75. The summed E-state index contributed by atoms with van der Waals surface area (Å²) in [4.78, 5) is 13.0. The van der Waals surface area contributed by atoms with Crippen LogP contribution in [0.15, 0.2) is 66.7 Å². The fourth-order valence-corrected chi connectivity index (χ4v) is 5.11. The Hall–Kier alpha value is -2.70. The molecule has 0 radical (unpaired) electrons. The molecule has 6 heteroatoms. The van der Waals surface area contributed by atoms with Crippen LogP contribution in [0, 0.1) is 6.92 Å². The molecule has 3 rings (SSSR count). The average Bonchev–Trinajstić information content (AvgIpc) is 3.04. The highest BCUT2D eigenvalue weighted by Gasteiger charge is 2.46. The Morgan fingerprint density at radius 3 is 2.14 bits per heavy atom. The van der Waals surface area contributed by atoms with E-state index in [9.17, 15) is 13.2 Å². The molecule has 146 valence electrons. The molecule has 0 aliphatic rings. The molecule has 0 aliphatic heterocycles. The van der Waals surface area contributed by atoms with Gasteiger partial charge < -0.3 is 4.57 Å². The highest BCUT2D eigenvalue weighted by atomic mass is 32.2. The van der Waals surface area contributed by atoms with Gasteiger partial charge in [-0.3, -0.25) is 4.79 Å². The van der Waals surface area contributed by atoms with E-state index in [-0.39, 0.29) is 12.2 Å². The summed E-state index contributed by atoms with van der Waals surface area (Å²) in [6.45, 7) is 3.74. The first-order valence-electron chi connectivity index (χ1n) is 9.08. The van der Waals surface area contributed by atoms with E-state index in [4.69, 9.17) is 5.14 Å². The Morgan fingerprint density at radius 1 is 1.00 bits per heavy atom. The van der Waals surface area contributed by atoms with E-state index in [1.807, 2.05) is 25.1 Å². The van der Waals surface area contributed by atoms with E-state index in [2.05, 4.69) is 0 Å². The first-order valence-corrected chi connectivity index (χ1v) is 10.6. The number of carbonyl (C=O) groups excluding carboxylic acids is 1. The maximum absolute atomic E-state index is 13.0. The molecular formula is C22H24N2O3S. The van der Waals surface area contributed by atoms with Crippen molar-refractivity contribution in [1.29, 1.82) is 0 Å². The monoisotopic (exact) mass is 396 g/mol. The number of hydrogen-bond acceptors (Lipinski definition) is 3. The molecule has 1 unspecified atom stereocenters. The minimum Gasteiger partial charge on any atom is -0.343 e. The van der Waals surface area contributed by atoms with Gasteiger partial charge in [-0.05, 0) is 31.0 Å². The maximum Gasteiger partial charge on any atom is 0.224 e. The second-order valence-electron chi connectivity index (χ2n) is 6.95. The summed E-state index contributed by atoms with van der Waals surface area (Å²) in [5.74, 6) is -0.166. The molecule has 1 atom stereocenters. The van der Waals surface area contributed by atoms with Crippen molar-refractivity contribution in [3.05, 3.63) is 94.8 Å². The molecule has 0 spiro atoms. The predicted octanol–water partition coefficient (Wildman–Crippen LogP) is 3.51. The number of primary sulfonamides is 1. The number of rotatable bonds is 6. The van der Waals surface area contributed by atoms with Gasteiger partial charge in [-0.1, -0.05) is 67.1 Å². The van der Waals surface area contributed by atoms with Crippen LogP contribution in [0.25, 0.3) is 0 Å². The van der Waals surface area contributed by atoms with E-state index in [1.165, 1.54) is 0 Å². The summed E-state index contributed by atoms with van der Waals surface area (Å²) in [5.41, 5.74) is 3.08. The number of hydrogen-bond donors (Lipinski definition) is 1. The number of benzene rings is 2. The molecule has 2 aromatic carbocycles. The Labute approximate surface area is 165 Å². The third-order valence-electron chi connectivity index (χ3n) is 5.31. The van der Waals surface area contributed by atoms with Crippen molar-refractivity contribution in [1.82, 2.24) is 4.57 Å². The first kappa shape index (κ1) is 20.0. The smallest absolute Gasteiger partial charge is 0.224 e. The van der Waals surface area contributed by atoms with Gasteiger partial charge in [0.1, 0.15) is 0 Å². The van der Waals surface area contributed by atoms with Gasteiger partial charge in [0.05, 0.1) is 5.69 Å². The molecule has 0 aliphatic carbocycles. The lowest BCUT2D eigenvalue weighted by Crippen LogP contribution is -2.43. The molecule has 3 aromatic rings. The highest BCUT2D eigenvalue weighted by molar-refractivity contribution is 7.90. The van der Waals surface area contributed by atoms with Gasteiger partial charge in [0.25, 0.3) is 0 Å². The van der Waals surface area contributed by atoms with Gasteiger partial charge in [-0.2, -0.15) is 0 Å². The van der Waals surface area contributed by atoms with Crippen molar-refractivity contribution in [2.24, 2.45) is 12.2 Å². The molecule has 0 amide bonds. The number of aryl methyl sites for hydroxylation is 1. The number of nitrogens with zero attached hydrogens (tertiary/aromatic N) is 1. The largest absolute Gasteiger partial charge is 0.343 e. The Bertz CT molecular complexity index is 1100. The fourth-order valence-electron chi connectivity index (χ4n) is 3.75. The third-order valence-corrected chi connectivity index (χ3v) is 7.01. The van der Waals surface area contributed by atoms with Crippen LogP contribution in [0.2, 0.25) is 0 Å². The zero-order valence-electron chi connectivity index (χ0n) is 16.2. The topological polar surface area (TPSA) is 82.2 Å². The van der Waals surface area contributed by atoms with Crippen LogP contribution in [0.1, 0.15) is 46.2 Å². The lowest BCUT2D eigenvalue weighted by atomic mass is 9.92. The molecule has 0 saturated heterocycles. The molecule has 0 fully saturated rings. The van der Waals surface area contributed by atoms with E-state index in [0.29, 0.717) is 22.5 Å². The second kappa shape index (κ2) is 7.37. The van der Waals surface area contributed by atoms with Crippen LogP contribution in [0.4, 0.5) is 0 Å². The van der Waals surface area contributed by atoms with Crippen LogP contribution < -0.4 is 5.14 Å². The number of sulfonamides is 1. The number of nitrogens with two attached hydrogens (primary N) is 1. The first-order chi connectivity index (χ1) is 13.2. The summed E-state index contributed by atoms with van der Waals surface area (Å²) in [6.07, 6.45) is 0.242. The average molecular weight is 397 g/mol. The Kier molecular flexibility index (Phi) is 5.28. The number of carbonyl (C=O) groups is 1. The molecule has 0 bridgehead atoms. The zero-order valence-corrected chi connectivity index (χ0v) is 17.0. The minimum absolute atomic E-state index is 0.166. The predicted molar refractivity (Wildman–Crippen MR) is 111 cm³/mol. The van der Waals surface area contributed by atoms with E-state index in [0.717, 1.165) is 5.56 Å². The van der Waals surface area contributed by atoms with Crippen LogP contribution in [-0.4, -0.2) is 18.8 Å². The van der Waals surface area contributed by atoms with Crippen molar-refractivity contribution < 1.29 is 13.2 Å². The summed E-state index contributed by atoms with van der Waals surface area (Å²) in [7, 11) is -2.32. The molecule has 5 nitrogen and oxygen atoms in total. The van der Waals surface area contributed by atoms with Gasteiger partial charge in [-0.15, -0.1) is 0 Å².